The van der Waals surface area contributed by atoms with Crippen LogP contribution in [0, 0.1) is 24.5 Å². The van der Waals surface area contributed by atoms with E-state index in [9.17, 15) is 23.2 Å². The lowest BCUT2D eigenvalue weighted by Gasteiger charge is -2.22. The molecule has 1 aromatic carbocycles. The number of halogens is 2. The first-order chi connectivity index (χ1) is 12.0. The molecule has 26 heavy (non-hydrogen) atoms. The van der Waals surface area contributed by atoms with Crippen LogP contribution in [0.1, 0.15) is 32.8 Å². The third-order valence-corrected chi connectivity index (χ3v) is 4.11. The van der Waals surface area contributed by atoms with E-state index in [1.807, 2.05) is 0 Å². The lowest BCUT2D eigenvalue weighted by molar-refractivity contribution is -0.146. The number of hydrogen-bond donors (Lipinski definition) is 2. The van der Waals surface area contributed by atoms with Crippen molar-refractivity contribution >= 4 is 23.4 Å². The molecule has 0 saturated carbocycles. The van der Waals surface area contributed by atoms with Gasteiger partial charge in [0.05, 0.1) is 11.6 Å². The van der Waals surface area contributed by atoms with E-state index < -0.39 is 40.8 Å². The number of carbonyl (C=O) groups excluding carboxylic acids is 3. The predicted molar refractivity (Wildman–Crippen MR) is 92.3 cm³/mol. The summed E-state index contributed by atoms with van der Waals surface area (Å²) in [5.41, 5.74) is -0.824. The fourth-order valence-corrected chi connectivity index (χ4v) is 2.69. The number of amides is 3. The summed E-state index contributed by atoms with van der Waals surface area (Å²) in [6.07, 6.45) is 0.363. The summed E-state index contributed by atoms with van der Waals surface area (Å²) < 4.78 is 27.3. The van der Waals surface area contributed by atoms with E-state index in [1.54, 1.807) is 20.8 Å². The van der Waals surface area contributed by atoms with Crippen molar-refractivity contribution in [3.63, 3.8) is 0 Å². The van der Waals surface area contributed by atoms with Gasteiger partial charge >= 0.3 is 11.8 Å². The largest absolute Gasteiger partial charge is 0.343 e. The molecule has 0 radical (unpaired) electrons. The van der Waals surface area contributed by atoms with E-state index in [0.717, 1.165) is 12.1 Å². The number of nitrogens with one attached hydrogen (secondary N) is 2. The average Bonchev–Trinajstić information content (AvgIpc) is 3.03. The minimum Gasteiger partial charge on any atom is -0.343 e. The molecule has 1 aromatic rings. The van der Waals surface area contributed by atoms with Crippen LogP contribution < -0.4 is 10.6 Å². The number of hydrogen-bond acceptors (Lipinski definition) is 3. The van der Waals surface area contributed by atoms with Crippen molar-refractivity contribution in [1.29, 1.82) is 0 Å². The molecule has 2 rings (SSSR count). The molecule has 6 nitrogen and oxygen atoms in total. The molecule has 0 spiro atoms. The Morgan fingerprint density at radius 1 is 1.19 bits per heavy atom. The molecule has 0 bridgehead atoms. The Bertz CT molecular complexity index is 744. The number of carbonyl (C=O) groups is 3. The number of nitrogens with zero attached hydrogens (tertiary/aromatic N) is 1. The van der Waals surface area contributed by atoms with Gasteiger partial charge in [-0.3, -0.25) is 14.4 Å². The van der Waals surface area contributed by atoms with Crippen molar-refractivity contribution in [3.8, 4) is 0 Å². The van der Waals surface area contributed by atoms with E-state index in [1.165, 1.54) is 11.8 Å². The Morgan fingerprint density at radius 2 is 1.85 bits per heavy atom. The third-order valence-electron chi connectivity index (χ3n) is 4.11. The number of anilines is 1. The Morgan fingerprint density at radius 3 is 2.46 bits per heavy atom. The van der Waals surface area contributed by atoms with Gasteiger partial charge in [-0.1, -0.05) is 0 Å². The molecule has 142 valence electrons. The molecule has 1 aliphatic heterocycles. The number of rotatable bonds is 2. The first kappa shape index (κ1) is 19.8. The summed E-state index contributed by atoms with van der Waals surface area (Å²) in [5.74, 6) is -3.97. The highest BCUT2D eigenvalue weighted by Gasteiger charge is 2.34. The van der Waals surface area contributed by atoms with Gasteiger partial charge in [0.25, 0.3) is 0 Å². The van der Waals surface area contributed by atoms with Crippen molar-refractivity contribution in [3.05, 3.63) is 29.3 Å². The summed E-state index contributed by atoms with van der Waals surface area (Å²) in [7, 11) is 0. The minimum absolute atomic E-state index is 0.0734. The van der Waals surface area contributed by atoms with Gasteiger partial charge in [-0.25, -0.2) is 8.78 Å². The summed E-state index contributed by atoms with van der Waals surface area (Å²) in [6.45, 7) is 6.90. The molecule has 1 saturated heterocycles. The molecule has 3 amide bonds. The number of likely N-dealkylation sites (tertiary alicyclic amines) is 1. The van der Waals surface area contributed by atoms with Crippen LogP contribution in [0.5, 0.6) is 0 Å². The highest BCUT2D eigenvalue weighted by molar-refractivity contribution is 6.35. The quantitative estimate of drug-likeness (QED) is 0.785. The molecule has 2 N–H and O–H groups in total. The fraction of sp³-hybridized carbons (Fsp3) is 0.500. The SMILES string of the molecule is Cc1c(F)ccc(NC(=O)[C@H]2CCN(C(=O)C(=O)NC(C)(C)C)C2)c1F. The van der Waals surface area contributed by atoms with Gasteiger partial charge in [0.2, 0.25) is 5.91 Å². The van der Waals surface area contributed by atoms with Gasteiger partial charge in [0, 0.05) is 24.2 Å². The smallest absolute Gasteiger partial charge is 0.311 e. The molecule has 0 aromatic heterocycles. The summed E-state index contributed by atoms with van der Waals surface area (Å²) in [6, 6.07) is 2.24. The Hall–Kier alpha value is -2.51. The summed E-state index contributed by atoms with van der Waals surface area (Å²) >= 11 is 0. The zero-order valence-corrected chi connectivity index (χ0v) is 15.3. The highest BCUT2D eigenvalue weighted by Crippen LogP contribution is 2.23. The van der Waals surface area contributed by atoms with Crippen LogP contribution in [0.2, 0.25) is 0 Å². The zero-order chi connectivity index (χ0) is 19.6. The molecule has 0 aliphatic carbocycles. The van der Waals surface area contributed by atoms with Gasteiger partial charge < -0.3 is 15.5 Å². The third kappa shape index (κ3) is 4.56. The average molecular weight is 367 g/mol. The normalized spacial score (nSPS) is 17.2. The van der Waals surface area contributed by atoms with Crippen molar-refractivity contribution in [2.45, 2.75) is 39.7 Å². The Balaban J connectivity index is 1.98. The van der Waals surface area contributed by atoms with E-state index in [4.69, 9.17) is 0 Å². The Labute approximate surface area is 150 Å². The van der Waals surface area contributed by atoms with Crippen molar-refractivity contribution in [2.75, 3.05) is 18.4 Å². The molecule has 1 fully saturated rings. The second-order valence-corrected chi connectivity index (χ2v) is 7.46. The molecule has 0 unspecified atom stereocenters. The van der Waals surface area contributed by atoms with E-state index in [2.05, 4.69) is 10.6 Å². The maximum absolute atomic E-state index is 14.0. The molecule has 1 heterocycles. The molecule has 1 atom stereocenters. The van der Waals surface area contributed by atoms with Crippen molar-refractivity contribution in [2.24, 2.45) is 5.92 Å². The predicted octanol–water partition coefficient (Wildman–Crippen LogP) is 1.97. The highest BCUT2D eigenvalue weighted by atomic mass is 19.1. The zero-order valence-electron chi connectivity index (χ0n) is 15.3. The molecule has 1 aliphatic rings. The Kier molecular flexibility index (Phi) is 5.63. The maximum atomic E-state index is 14.0. The van der Waals surface area contributed by atoms with E-state index in [0.29, 0.717) is 6.42 Å². The van der Waals surface area contributed by atoms with Gasteiger partial charge in [-0.15, -0.1) is 0 Å². The maximum Gasteiger partial charge on any atom is 0.311 e. The van der Waals surface area contributed by atoms with Crippen LogP contribution in [-0.2, 0) is 14.4 Å². The van der Waals surface area contributed by atoms with Crippen LogP contribution >= 0.6 is 0 Å². The first-order valence-electron chi connectivity index (χ1n) is 8.36. The van der Waals surface area contributed by atoms with Crippen molar-refractivity contribution < 1.29 is 23.2 Å². The van der Waals surface area contributed by atoms with Crippen LogP contribution in [-0.4, -0.2) is 41.2 Å². The van der Waals surface area contributed by atoms with Gasteiger partial charge in [-0.2, -0.15) is 0 Å². The lowest BCUT2D eigenvalue weighted by Crippen LogP contribution is -2.49. The summed E-state index contributed by atoms with van der Waals surface area (Å²) in [4.78, 5) is 37.7. The van der Waals surface area contributed by atoms with Gasteiger partial charge in [-0.05, 0) is 46.2 Å². The van der Waals surface area contributed by atoms with Crippen molar-refractivity contribution in [1.82, 2.24) is 10.2 Å². The molecular formula is C18H23F2N3O3. The monoisotopic (exact) mass is 367 g/mol. The summed E-state index contributed by atoms with van der Waals surface area (Å²) in [5, 5.41) is 5.01. The fourth-order valence-electron chi connectivity index (χ4n) is 2.69. The lowest BCUT2D eigenvalue weighted by atomic mass is 10.1. The van der Waals surface area contributed by atoms with Gasteiger partial charge in [0.15, 0.2) is 5.82 Å². The van der Waals surface area contributed by atoms with Crippen LogP contribution in [0.4, 0.5) is 14.5 Å². The minimum atomic E-state index is -0.825. The topological polar surface area (TPSA) is 78.5 Å². The second-order valence-electron chi connectivity index (χ2n) is 7.46. The van der Waals surface area contributed by atoms with Crippen LogP contribution in [0.15, 0.2) is 12.1 Å². The van der Waals surface area contributed by atoms with E-state index in [-0.39, 0.29) is 24.3 Å². The standard InChI is InChI=1S/C18H23F2N3O3/c1-10-12(19)5-6-13(14(10)20)21-15(24)11-7-8-23(9-11)17(26)16(25)22-18(2,3)4/h5-6,11H,7-9H2,1-4H3,(H,21,24)(H,22,25)/t11-/m0/s1. The molecular weight excluding hydrogens is 344 g/mol. The van der Waals surface area contributed by atoms with Crippen LogP contribution in [0.25, 0.3) is 0 Å². The van der Waals surface area contributed by atoms with E-state index >= 15 is 0 Å². The van der Waals surface area contributed by atoms with Gasteiger partial charge in [0.1, 0.15) is 5.82 Å². The van der Waals surface area contributed by atoms with Crippen LogP contribution in [0.3, 0.4) is 0 Å². The first-order valence-corrected chi connectivity index (χ1v) is 8.36. The molecule has 8 heteroatoms. The second kappa shape index (κ2) is 7.39. The number of benzene rings is 1.